The van der Waals surface area contributed by atoms with Crippen LogP contribution in [0.2, 0.25) is 0 Å². The zero-order chi connectivity index (χ0) is 18.0. The molecule has 0 aromatic heterocycles. The second-order valence-corrected chi connectivity index (χ2v) is 8.99. The zero-order valence-corrected chi connectivity index (χ0v) is 16.1. The van der Waals surface area contributed by atoms with Crippen molar-refractivity contribution in [3.8, 4) is 0 Å². The van der Waals surface area contributed by atoms with Gasteiger partial charge in [0.1, 0.15) is 11.6 Å². The lowest BCUT2D eigenvalue weighted by Crippen LogP contribution is -2.52. The topological polar surface area (TPSA) is 49.9 Å². The van der Waals surface area contributed by atoms with E-state index < -0.39 is 5.60 Å². The summed E-state index contributed by atoms with van der Waals surface area (Å²) in [6.07, 6.45) is 9.59. The summed E-state index contributed by atoms with van der Waals surface area (Å²) in [5, 5.41) is 0. The van der Waals surface area contributed by atoms with Gasteiger partial charge < -0.3 is 9.64 Å². The molecular formula is C20H34N2O3. The maximum atomic E-state index is 13.3. The molecule has 5 heteroatoms. The molecule has 2 aliphatic heterocycles. The number of nitrogens with zero attached hydrogens (tertiary/aromatic N) is 2. The SMILES string of the molecule is CC(C)(C)OC(=O)N1[C@@H](C(=O)N2CCCCCC2)C[C@@H]2CCCC[C@@H]21. The van der Waals surface area contributed by atoms with Gasteiger partial charge in [0.25, 0.3) is 0 Å². The van der Waals surface area contributed by atoms with Crippen molar-refractivity contribution in [1.82, 2.24) is 9.80 Å². The van der Waals surface area contributed by atoms with E-state index in [-0.39, 0.29) is 24.1 Å². The van der Waals surface area contributed by atoms with Crippen LogP contribution in [0.4, 0.5) is 4.79 Å². The number of rotatable bonds is 1. The lowest BCUT2D eigenvalue weighted by atomic mass is 9.85. The predicted octanol–water partition coefficient (Wildman–Crippen LogP) is 3.96. The number of fused-ring (bicyclic) bond motifs is 1. The molecular weight excluding hydrogens is 316 g/mol. The van der Waals surface area contributed by atoms with E-state index in [1.54, 1.807) is 0 Å². The monoisotopic (exact) mass is 350 g/mol. The average Bonchev–Trinajstić information content (AvgIpc) is 2.72. The van der Waals surface area contributed by atoms with E-state index >= 15 is 0 Å². The van der Waals surface area contributed by atoms with Gasteiger partial charge in [-0.3, -0.25) is 9.69 Å². The Balaban J connectivity index is 1.79. The maximum absolute atomic E-state index is 13.3. The van der Waals surface area contributed by atoms with Crippen molar-refractivity contribution in [2.75, 3.05) is 13.1 Å². The smallest absolute Gasteiger partial charge is 0.411 e. The molecule has 0 bridgehead atoms. The van der Waals surface area contributed by atoms with Crippen LogP contribution in [0.15, 0.2) is 0 Å². The third-order valence-electron chi connectivity index (χ3n) is 5.90. The summed E-state index contributed by atoms with van der Waals surface area (Å²) in [5.41, 5.74) is -0.528. The van der Waals surface area contributed by atoms with Crippen LogP contribution < -0.4 is 0 Å². The molecule has 0 aromatic rings. The summed E-state index contributed by atoms with van der Waals surface area (Å²) < 4.78 is 5.68. The highest BCUT2D eigenvalue weighted by Crippen LogP contribution is 2.41. The number of hydrogen-bond acceptors (Lipinski definition) is 3. The average molecular weight is 351 g/mol. The van der Waals surface area contributed by atoms with Crippen molar-refractivity contribution in [2.45, 2.75) is 96.2 Å². The molecule has 0 spiro atoms. The molecule has 3 atom stereocenters. The number of ether oxygens (including phenoxy) is 1. The van der Waals surface area contributed by atoms with Gasteiger partial charge in [-0.15, -0.1) is 0 Å². The van der Waals surface area contributed by atoms with Gasteiger partial charge in [0, 0.05) is 19.1 Å². The number of likely N-dealkylation sites (tertiary alicyclic amines) is 2. The quantitative estimate of drug-likeness (QED) is 0.719. The van der Waals surface area contributed by atoms with Crippen LogP contribution in [-0.4, -0.2) is 52.6 Å². The van der Waals surface area contributed by atoms with Crippen molar-refractivity contribution >= 4 is 12.0 Å². The Bertz CT molecular complexity index is 492. The summed E-state index contributed by atoms with van der Waals surface area (Å²) in [7, 11) is 0. The maximum Gasteiger partial charge on any atom is 0.411 e. The molecule has 0 unspecified atom stereocenters. The van der Waals surface area contributed by atoms with Crippen LogP contribution in [0.1, 0.15) is 78.6 Å². The third-order valence-corrected chi connectivity index (χ3v) is 5.90. The fourth-order valence-electron chi connectivity index (χ4n) is 4.76. The van der Waals surface area contributed by atoms with Crippen molar-refractivity contribution in [3.05, 3.63) is 0 Å². The lowest BCUT2D eigenvalue weighted by Gasteiger charge is -2.36. The second kappa shape index (κ2) is 7.55. The van der Waals surface area contributed by atoms with Gasteiger partial charge in [0.05, 0.1) is 0 Å². The van der Waals surface area contributed by atoms with Gasteiger partial charge in [0.2, 0.25) is 5.91 Å². The van der Waals surface area contributed by atoms with E-state index in [2.05, 4.69) is 0 Å². The predicted molar refractivity (Wildman–Crippen MR) is 97.3 cm³/mol. The van der Waals surface area contributed by atoms with Crippen LogP contribution in [0.3, 0.4) is 0 Å². The van der Waals surface area contributed by atoms with Crippen LogP contribution in [0.25, 0.3) is 0 Å². The summed E-state index contributed by atoms with van der Waals surface area (Å²) in [6, 6.07) is -0.134. The molecule has 25 heavy (non-hydrogen) atoms. The first kappa shape index (κ1) is 18.5. The van der Waals surface area contributed by atoms with Crippen molar-refractivity contribution in [2.24, 2.45) is 5.92 Å². The fourth-order valence-corrected chi connectivity index (χ4v) is 4.76. The zero-order valence-electron chi connectivity index (χ0n) is 16.1. The summed E-state index contributed by atoms with van der Waals surface area (Å²) in [5.74, 6) is 0.615. The fraction of sp³-hybridized carbons (Fsp3) is 0.900. The first-order valence-corrected chi connectivity index (χ1v) is 10.2. The highest BCUT2D eigenvalue weighted by Gasteiger charge is 2.49. The first-order valence-electron chi connectivity index (χ1n) is 10.2. The van der Waals surface area contributed by atoms with Crippen LogP contribution >= 0.6 is 0 Å². The molecule has 3 fully saturated rings. The second-order valence-electron chi connectivity index (χ2n) is 8.99. The van der Waals surface area contributed by atoms with Gasteiger partial charge in [-0.1, -0.05) is 25.7 Å². The van der Waals surface area contributed by atoms with Crippen LogP contribution in [0, 0.1) is 5.92 Å². The van der Waals surface area contributed by atoms with E-state index in [0.29, 0.717) is 5.92 Å². The molecule has 142 valence electrons. The third kappa shape index (κ3) is 4.29. The number of hydrogen-bond donors (Lipinski definition) is 0. The van der Waals surface area contributed by atoms with Crippen molar-refractivity contribution in [1.29, 1.82) is 0 Å². The Morgan fingerprint density at radius 1 is 0.920 bits per heavy atom. The Morgan fingerprint density at radius 3 is 2.20 bits per heavy atom. The molecule has 2 saturated heterocycles. The molecule has 2 amide bonds. The number of amides is 2. The van der Waals surface area contributed by atoms with Gasteiger partial charge >= 0.3 is 6.09 Å². The molecule has 1 aliphatic carbocycles. The minimum atomic E-state index is -0.528. The minimum absolute atomic E-state index is 0.155. The molecule has 3 rings (SSSR count). The van der Waals surface area contributed by atoms with Crippen LogP contribution in [0.5, 0.6) is 0 Å². The Labute approximate surface area is 152 Å². The molecule has 0 N–H and O–H groups in total. The summed E-state index contributed by atoms with van der Waals surface area (Å²) in [4.78, 5) is 30.0. The van der Waals surface area contributed by atoms with Gasteiger partial charge in [-0.25, -0.2) is 4.79 Å². The normalized spacial score (nSPS) is 30.6. The summed E-state index contributed by atoms with van der Waals surface area (Å²) in [6.45, 7) is 7.36. The van der Waals surface area contributed by atoms with Gasteiger partial charge in [0.15, 0.2) is 0 Å². The Morgan fingerprint density at radius 2 is 1.56 bits per heavy atom. The van der Waals surface area contributed by atoms with Crippen molar-refractivity contribution < 1.29 is 14.3 Å². The molecule has 5 nitrogen and oxygen atoms in total. The van der Waals surface area contributed by atoms with E-state index in [0.717, 1.165) is 51.6 Å². The van der Waals surface area contributed by atoms with Gasteiger partial charge in [-0.05, 0) is 58.8 Å². The Hall–Kier alpha value is -1.26. The Kier molecular flexibility index (Phi) is 5.59. The van der Waals surface area contributed by atoms with Crippen LogP contribution in [-0.2, 0) is 9.53 Å². The van der Waals surface area contributed by atoms with E-state index in [1.165, 1.54) is 19.3 Å². The molecule has 0 aromatic carbocycles. The van der Waals surface area contributed by atoms with Gasteiger partial charge in [-0.2, -0.15) is 0 Å². The minimum Gasteiger partial charge on any atom is -0.444 e. The molecule has 2 heterocycles. The molecule has 3 aliphatic rings. The highest BCUT2D eigenvalue weighted by molar-refractivity contribution is 5.86. The standard InChI is InChI=1S/C20H34N2O3/c1-20(2,3)25-19(24)22-16-11-7-6-10-15(16)14-17(22)18(23)21-12-8-4-5-9-13-21/h15-17H,4-14H2,1-3H3/t15-,16-,17+/m0/s1. The lowest BCUT2D eigenvalue weighted by molar-refractivity contribution is -0.136. The van der Waals surface area contributed by atoms with E-state index in [1.807, 2.05) is 30.6 Å². The number of carbonyl (C=O) groups is 2. The molecule has 1 saturated carbocycles. The van der Waals surface area contributed by atoms with E-state index in [4.69, 9.17) is 4.74 Å². The summed E-state index contributed by atoms with van der Waals surface area (Å²) >= 11 is 0. The first-order chi connectivity index (χ1) is 11.9. The van der Waals surface area contributed by atoms with Crippen molar-refractivity contribution in [3.63, 3.8) is 0 Å². The molecule has 0 radical (unpaired) electrons. The van der Waals surface area contributed by atoms with E-state index in [9.17, 15) is 9.59 Å². The number of carbonyl (C=O) groups excluding carboxylic acids is 2. The largest absolute Gasteiger partial charge is 0.444 e. The highest BCUT2D eigenvalue weighted by atomic mass is 16.6.